The van der Waals surface area contributed by atoms with Crippen molar-refractivity contribution in [3.63, 3.8) is 0 Å². The zero-order chi connectivity index (χ0) is 12.7. The molecule has 0 saturated heterocycles. The van der Waals surface area contributed by atoms with Crippen LogP contribution in [0.4, 0.5) is 0 Å². The first kappa shape index (κ1) is 13.5. The van der Waals surface area contributed by atoms with Gasteiger partial charge in [-0.3, -0.25) is 4.79 Å². The number of aryl methyl sites for hydroxylation is 1. The zero-order valence-electron chi connectivity index (χ0n) is 10.7. The molecule has 0 bridgehead atoms. The number of hydrogen-bond donors (Lipinski definition) is 2. The molecule has 0 atom stereocenters. The molecular formula is C13H20N2O2. The maximum absolute atomic E-state index is 11.1. The van der Waals surface area contributed by atoms with Crippen molar-refractivity contribution in [1.82, 2.24) is 10.6 Å². The molecule has 0 aliphatic heterocycles. The summed E-state index contributed by atoms with van der Waals surface area (Å²) in [5.41, 5.74) is 2.26. The van der Waals surface area contributed by atoms with Crippen LogP contribution in [0.5, 0.6) is 5.75 Å². The molecule has 4 nitrogen and oxygen atoms in total. The number of amides is 1. The molecule has 0 aliphatic carbocycles. The second-order valence-electron chi connectivity index (χ2n) is 3.85. The highest BCUT2D eigenvalue weighted by atomic mass is 16.5. The van der Waals surface area contributed by atoms with E-state index in [4.69, 9.17) is 4.74 Å². The summed E-state index contributed by atoms with van der Waals surface area (Å²) in [7, 11) is 1.60. The summed E-state index contributed by atoms with van der Waals surface area (Å²) >= 11 is 0. The molecule has 0 radical (unpaired) electrons. The number of rotatable bonds is 6. The monoisotopic (exact) mass is 236 g/mol. The van der Waals surface area contributed by atoms with Crippen LogP contribution in [-0.4, -0.2) is 26.1 Å². The van der Waals surface area contributed by atoms with Crippen LogP contribution in [0.15, 0.2) is 18.2 Å². The number of likely N-dealkylation sites (N-methyl/N-ethyl adjacent to an activating group) is 1. The highest BCUT2D eigenvalue weighted by molar-refractivity contribution is 5.77. The van der Waals surface area contributed by atoms with Gasteiger partial charge in [-0.2, -0.15) is 0 Å². The van der Waals surface area contributed by atoms with Gasteiger partial charge in [-0.05, 0) is 19.5 Å². The largest absolute Gasteiger partial charge is 0.483 e. The van der Waals surface area contributed by atoms with Crippen molar-refractivity contribution in [2.75, 3.05) is 20.2 Å². The Morgan fingerprint density at radius 2 is 2.18 bits per heavy atom. The van der Waals surface area contributed by atoms with Crippen molar-refractivity contribution in [3.05, 3.63) is 29.3 Å². The average molecular weight is 236 g/mol. The van der Waals surface area contributed by atoms with E-state index in [9.17, 15) is 4.79 Å². The Kier molecular flexibility index (Phi) is 5.49. The number of carbonyl (C=O) groups excluding carboxylic acids is 1. The Morgan fingerprint density at radius 1 is 1.41 bits per heavy atom. The second-order valence-corrected chi connectivity index (χ2v) is 3.85. The van der Waals surface area contributed by atoms with Gasteiger partial charge in [0.2, 0.25) is 0 Å². The Morgan fingerprint density at radius 3 is 2.82 bits per heavy atom. The fraction of sp³-hybridized carbons (Fsp3) is 0.462. The average Bonchev–Trinajstić information content (AvgIpc) is 2.34. The van der Waals surface area contributed by atoms with Gasteiger partial charge in [0.1, 0.15) is 5.75 Å². The minimum Gasteiger partial charge on any atom is -0.483 e. The van der Waals surface area contributed by atoms with E-state index in [0.717, 1.165) is 24.4 Å². The minimum absolute atomic E-state index is 0.0543. The van der Waals surface area contributed by atoms with Crippen LogP contribution in [0, 0.1) is 6.92 Å². The quantitative estimate of drug-likeness (QED) is 0.781. The van der Waals surface area contributed by atoms with Crippen LogP contribution in [0.2, 0.25) is 0 Å². The van der Waals surface area contributed by atoms with Gasteiger partial charge in [0.15, 0.2) is 6.61 Å². The smallest absolute Gasteiger partial charge is 0.257 e. The number of ether oxygens (including phenoxy) is 1. The lowest BCUT2D eigenvalue weighted by atomic mass is 10.1. The SMILES string of the molecule is CCNCc1cc(C)ccc1OCC(=O)NC. The van der Waals surface area contributed by atoms with Crippen LogP contribution in [-0.2, 0) is 11.3 Å². The Hall–Kier alpha value is -1.55. The maximum Gasteiger partial charge on any atom is 0.257 e. The number of carbonyl (C=O) groups is 1. The highest BCUT2D eigenvalue weighted by Gasteiger charge is 2.05. The molecule has 1 amide bonds. The van der Waals surface area contributed by atoms with E-state index in [1.165, 1.54) is 5.56 Å². The molecule has 0 spiro atoms. The Balaban J connectivity index is 2.71. The van der Waals surface area contributed by atoms with Crippen molar-refractivity contribution in [2.24, 2.45) is 0 Å². The summed E-state index contributed by atoms with van der Waals surface area (Å²) in [4.78, 5) is 11.1. The topological polar surface area (TPSA) is 50.4 Å². The van der Waals surface area contributed by atoms with E-state index in [0.29, 0.717) is 0 Å². The summed E-state index contributed by atoms with van der Waals surface area (Å²) in [6.07, 6.45) is 0. The predicted octanol–water partition coefficient (Wildman–Crippen LogP) is 1.23. The van der Waals surface area contributed by atoms with Gasteiger partial charge < -0.3 is 15.4 Å². The van der Waals surface area contributed by atoms with Gasteiger partial charge >= 0.3 is 0 Å². The number of hydrogen-bond acceptors (Lipinski definition) is 3. The molecule has 2 N–H and O–H groups in total. The van der Waals surface area contributed by atoms with Crippen LogP contribution in [0.1, 0.15) is 18.1 Å². The highest BCUT2D eigenvalue weighted by Crippen LogP contribution is 2.19. The van der Waals surface area contributed by atoms with E-state index in [1.807, 2.05) is 19.1 Å². The van der Waals surface area contributed by atoms with Crippen molar-refractivity contribution >= 4 is 5.91 Å². The number of benzene rings is 1. The standard InChI is InChI=1S/C13H20N2O2/c1-4-15-8-11-7-10(2)5-6-12(11)17-9-13(16)14-3/h5-7,15H,4,8-9H2,1-3H3,(H,14,16). The maximum atomic E-state index is 11.1. The molecule has 17 heavy (non-hydrogen) atoms. The van der Waals surface area contributed by atoms with E-state index in [1.54, 1.807) is 7.05 Å². The van der Waals surface area contributed by atoms with Gasteiger partial charge in [0.25, 0.3) is 5.91 Å². The van der Waals surface area contributed by atoms with Crippen molar-refractivity contribution in [3.8, 4) is 5.75 Å². The zero-order valence-corrected chi connectivity index (χ0v) is 10.7. The molecule has 1 aromatic rings. The van der Waals surface area contributed by atoms with Crippen molar-refractivity contribution in [2.45, 2.75) is 20.4 Å². The molecule has 0 aromatic heterocycles. The predicted molar refractivity (Wildman–Crippen MR) is 68.1 cm³/mol. The van der Waals surface area contributed by atoms with Crippen LogP contribution < -0.4 is 15.4 Å². The number of nitrogens with one attached hydrogen (secondary N) is 2. The summed E-state index contributed by atoms with van der Waals surface area (Å²) in [6, 6.07) is 5.96. The molecule has 4 heteroatoms. The Labute approximate surface area is 102 Å². The van der Waals surface area contributed by atoms with E-state index in [2.05, 4.69) is 23.6 Å². The molecule has 0 heterocycles. The lowest BCUT2D eigenvalue weighted by Gasteiger charge is -2.12. The van der Waals surface area contributed by atoms with Crippen LogP contribution in [0.25, 0.3) is 0 Å². The third-order valence-electron chi connectivity index (χ3n) is 2.42. The first-order chi connectivity index (χ1) is 8.17. The molecule has 1 aromatic carbocycles. The molecular weight excluding hydrogens is 216 g/mol. The van der Waals surface area contributed by atoms with Crippen molar-refractivity contribution < 1.29 is 9.53 Å². The van der Waals surface area contributed by atoms with Gasteiger partial charge in [-0.15, -0.1) is 0 Å². The normalized spacial score (nSPS) is 10.1. The second kappa shape index (κ2) is 6.91. The van der Waals surface area contributed by atoms with Crippen LogP contribution in [0.3, 0.4) is 0 Å². The van der Waals surface area contributed by atoms with E-state index >= 15 is 0 Å². The van der Waals surface area contributed by atoms with Crippen LogP contribution >= 0.6 is 0 Å². The molecule has 94 valence electrons. The fourth-order valence-electron chi connectivity index (χ4n) is 1.46. The Bertz CT molecular complexity index is 378. The fourth-order valence-corrected chi connectivity index (χ4v) is 1.46. The third-order valence-corrected chi connectivity index (χ3v) is 2.42. The van der Waals surface area contributed by atoms with Crippen molar-refractivity contribution in [1.29, 1.82) is 0 Å². The summed E-state index contributed by atoms with van der Waals surface area (Å²) in [5, 5.41) is 5.78. The van der Waals surface area contributed by atoms with Gasteiger partial charge in [0.05, 0.1) is 0 Å². The molecule has 1 rings (SSSR count). The first-order valence-corrected chi connectivity index (χ1v) is 5.81. The minimum atomic E-state index is -0.125. The van der Waals surface area contributed by atoms with Gasteiger partial charge in [0, 0.05) is 19.2 Å². The molecule has 0 saturated carbocycles. The van der Waals surface area contributed by atoms with E-state index < -0.39 is 0 Å². The van der Waals surface area contributed by atoms with Gasteiger partial charge in [-0.1, -0.05) is 24.6 Å². The summed E-state index contributed by atoms with van der Waals surface area (Å²) < 4.78 is 5.49. The van der Waals surface area contributed by atoms with E-state index in [-0.39, 0.29) is 12.5 Å². The molecule has 0 aliphatic rings. The molecule has 0 fully saturated rings. The lowest BCUT2D eigenvalue weighted by molar-refractivity contribution is -0.122. The molecule has 0 unspecified atom stereocenters. The summed E-state index contributed by atoms with van der Waals surface area (Å²) in [5.74, 6) is 0.639. The summed E-state index contributed by atoms with van der Waals surface area (Å²) in [6.45, 7) is 5.81. The third kappa shape index (κ3) is 4.44. The van der Waals surface area contributed by atoms with Gasteiger partial charge in [-0.25, -0.2) is 0 Å². The first-order valence-electron chi connectivity index (χ1n) is 5.81. The lowest BCUT2D eigenvalue weighted by Crippen LogP contribution is -2.25.